The summed E-state index contributed by atoms with van der Waals surface area (Å²) in [5.74, 6) is -0.378. The van der Waals surface area contributed by atoms with Crippen LogP contribution in [0.5, 0.6) is 0 Å². The number of alkyl carbamates (subject to hydrolysis) is 1. The molecule has 1 unspecified atom stereocenters. The monoisotopic (exact) mass is 300 g/mol. The van der Waals surface area contributed by atoms with Gasteiger partial charge in [-0.1, -0.05) is 20.8 Å². The fourth-order valence-electron chi connectivity index (χ4n) is 1.71. The van der Waals surface area contributed by atoms with Crippen molar-refractivity contribution < 1.29 is 19.1 Å². The Morgan fingerprint density at radius 1 is 1.14 bits per heavy atom. The van der Waals surface area contributed by atoms with E-state index in [1.165, 1.54) is 0 Å². The smallest absolute Gasteiger partial charge is 0.408 e. The van der Waals surface area contributed by atoms with Crippen LogP contribution in [-0.4, -0.2) is 36.0 Å². The number of carbonyl (C=O) groups is 3. The second-order valence-corrected chi connectivity index (χ2v) is 6.36. The first-order valence-electron chi connectivity index (χ1n) is 7.35. The number of amides is 2. The van der Waals surface area contributed by atoms with Crippen LogP contribution in [0.3, 0.4) is 0 Å². The van der Waals surface area contributed by atoms with Crippen LogP contribution in [0.1, 0.15) is 54.4 Å². The molecule has 0 rings (SSSR count). The van der Waals surface area contributed by atoms with E-state index in [-0.39, 0.29) is 18.2 Å². The van der Waals surface area contributed by atoms with Crippen LogP contribution in [0.4, 0.5) is 4.79 Å². The summed E-state index contributed by atoms with van der Waals surface area (Å²) in [6, 6.07) is -0.516. The zero-order valence-corrected chi connectivity index (χ0v) is 13.9. The highest BCUT2D eigenvalue weighted by Gasteiger charge is 2.23. The second kappa shape index (κ2) is 8.64. The lowest BCUT2D eigenvalue weighted by Gasteiger charge is -2.22. The largest absolute Gasteiger partial charge is 0.444 e. The molecule has 6 nitrogen and oxygen atoms in total. The fourth-order valence-corrected chi connectivity index (χ4v) is 1.71. The van der Waals surface area contributed by atoms with Gasteiger partial charge in [-0.25, -0.2) is 4.79 Å². The summed E-state index contributed by atoms with van der Waals surface area (Å²) in [7, 11) is 0. The topological polar surface area (TPSA) is 84.5 Å². The van der Waals surface area contributed by atoms with E-state index < -0.39 is 23.6 Å². The van der Waals surface area contributed by atoms with Crippen LogP contribution in [0, 0.1) is 5.92 Å². The second-order valence-electron chi connectivity index (χ2n) is 6.36. The van der Waals surface area contributed by atoms with Crippen LogP contribution in [0.2, 0.25) is 0 Å². The molecule has 6 heteroatoms. The van der Waals surface area contributed by atoms with Gasteiger partial charge in [-0.15, -0.1) is 0 Å². The summed E-state index contributed by atoms with van der Waals surface area (Å²) < 4.78 is 5.03. The standard InChI is InChI=1S/C15H28N2O4/c1-7-8-11(18)13(10(2)3)17-12(19)9-16-14(20)21-15(4,5)6/h10,13H,7-9H2,1-6H3,(H,16,20)(H,17,19). The maximum atomic E-state index is 11.9. The molecule has 0 saturated carbocycles. The molecule has 0 aliphatic rings. The van der Waals surface area contributed by atoms with E-state index in [1.807, 2.05) is 20.8 Å². The zero-order chi connectivity index (χ0) is 16.6. The number of hydrogen-bond acceptors (Lipinski definition) is 4. The third-order valence-electron chi connectivity index (χ3n) is 2.62. The molecule has 0 saturated heterocycles. The molecule has 2 N–H and O–H groups in total. The Morgan fingerprint density at radius 3 is 2.14 bits per heavy atom. The zero-order valence-electron chi connectivity index (χ0n) is 13.9. The molecule has 0 aromatic rings. The number of nitrogens with one attached hydrogen (secondary N) is 2. The number of ketones is 1. The number of carbonyl (C=O) groups excluding carboxylic acids is 3. The van der Waals surface area contributed by atoms with E-state index in [0.29, 0.717) is 6.42 Å². The Balaban J connectivity index is 4.33. The van der Waals surface area contributed by atoms with Crippen molar-refractivity contribution in [1.82, 2.24) is 10.6 Å². The average Bonchev–Trinajstić information content (AvgIpc) is 2.31. The Hall–Kier alpha value is -1.59. The molecule has 0 spiro atoms. The Bertz CT molecular complexity index is 372. The molecular formula is C15H28N2O4. The normalized spacial score (nSPS) is 12.7. The Labute approximate surface area is 127 Å². The third-order valence-corrected chi connectivity index (χ3v) is 2.62. The molecule has 1 atom stereocenters. The van der Waals surface area contributed by atoms with Crippen LogP contribution >= 0.6 is 0 Å². The lowest BCUT2D eigenvalue weighted by Crippen LogP contribution is -2.48. The number of ether oxygens (including phenoxy) is 1. The van der Waals surface area contributed by atoms with Gasteiger partial charge in [0.05, 0.1) is 6.04 Å². The maximum absolute atomic E-state index is 11.9. The molecule has 0 aromatic heterocycles. The molecule has 2 amide bonds. The average molecular weight is 300 g/mol. The minimum Gasteiger partial charge on any atom is -0.444 e. The quantitative estimate of drug-likeness (QED) is 0.753. The first-order valence-corrected chi connectivity index (χ1v) is 7.35. The predicted octanol–water partition coefficient (Wildman–Crippen LogP) is 2.02. The van der Waals surface area contributed by atoms with Crippen molar-refractivity contribution in [2.24, 2.45) is 5.92 Å². The molecule has 122 valence electrons. The lowest BCUT2D eigenvalue weighted by molar-refractivity contribution is -0.128. The van der Waals surface area contributed by atoms with Crippen molar-refractivity contribution in [3.8, 4) is 0 Å². The number of Topliss-reactive ketones (excluding diaryl/α,β-unsaturated/α-hetero) is 1. The molecule has 0 aliphatic carbocycles. The molecule has 0 radical (unpaired) electrons. The highest BCUT2D eigenvalue weighted by Crippen LogP contribution is 2.07. The maximum Gasteiger partial charge on any atom is 0.408 e. The van der Waals surface area contributed by atoms with E-state index in [2.05, 4.69) is 10.6 Å². The van der Waals surface area contributed by atoms with Gasteiger partial charge >= 0.3 is 6.09 Å². The van der Waals surface area contributed by atoms with E-state index in [1.54, 1.807) is 20.8 Å². The van der Waals surface area contributed by atoms with E-state index in [4.69, 9.17) is 4.74 Å². The molecule has 21 heavy (non-hydrogen) atoms. The van der Waals surface area contributed by atoms with Crippen LogP contribution in [-0.2, 0) is 14.3 Å². The fraction of sp³-hybridized carbons (Fsp3) is 0.800. The summed E-state index contributed by atoms with van der Waals surface area (Å²) in [4.78, 5) is 35.2. The summed E-state index contributed by atoms with van der Waals surface area (Å²) in [6.07, 6.45) is 0.523. The van der Waals surface area contributed by atoms with E-state index >= 15 is 0 Å². The molecule has 0 heterocycles. The number of hydrogen-bond donors (Lipinski definition) is 2. The SMILES string of the molecule is CCCC(=O)C(NC(=O)CNC(=O)OC(C)(C)C)C(C)C. The summed E-state index contributed by atoms with van der Waals surface area (Å²) >= 11 is 0. The predicted molar refractivity (Wildman–Crippen MR) is 80.9 cm³/mol. The summed E-state index contributed by atoms with van der Waals surface area (Å²) in [5, 5.41) is 5.03. The Kier molecular flexibility index (Phi) is 7.99. The molecule has 0 bridgehead atoms. The van der Waals surface area contributed by atoms with Gasteiger partial charge in [-0.2, -0.15) is 0 Å². The van der Waals surface area contributed by atoms with Crippen LogP contribution < -0.4 is 10.6 Å². The minimum atomic E-state index is -0.654. The minimum absolute atomic E-state index is 0.00882. The van der Waals surface area contributed by atoms with Crippen LogP contribution in [0.25, 0.3) is 0 Å². The third kappa shape index (κ3) is 9.05. The van der Waals surface area contributed by atoms with Crippen molar-refractivity contribution in [3.05, 3.63) is 0 Å². The van der Waals surface area contributed by atoms with Crippen molar-refractivity contribution in [2.75, 3.05) is 6.54 Å². The van der Waals surface area contributed by atoms with Gasteiger partial charge in [-0.3, -0.25) is 9.59 Å². The molecule has 0 aliphatic heterocycles. The van der Waals surface area contributed by atoms with Gasteiger partial charge in [0.1, 0.15) is 12.1 Å². The molecule has 0 fully saturated rings. The van der Waals surface area contributed by atoms with Gasteiger partial charge in [-0.05, 0) is 33.1 Å². The number of rotatable bonds is 7. The van der Waals surface area contributed by atoms with Gasteiger partial charge in [0.25, 0.3) is 0 Å². The van der Waals surface area contributed by atoms with Crippen LogP contribution in [0.15, 0.2) is 0 Å². The van der Waals surface area contributed by atoms with Crippen molar-refractivity contribution in [2.45, 2.75) is 66.0 Å². The summed E-state index contributed by atoms with van der Waals surface area (Å²) in [6.45, 7) is 10.7. The molecular weight excluding hydrogens is 272 g/mol. The van der Waals surface area contributed by atoms with Crippen molar-refractivity contribution in [3.63, 3.8) is 0 Å². The highest BCUT2D eigenvalue weighted by molar-refractivity contribution is 5.90. The Morgan fingerprint density at radius 2 is 1.71 bits per heavy atom. The first kappa shape index (κ1) is 19.4. The van der Waals surface area contributed by atoms with Gasteiger partial charge < -0.3 is 15.4 Å². The van der Waals surface area contributed by atoms with Crippen molar-refractivity contribution >= 4 is 17.8 Å². The van der Waals surface area contributed by atoms with E-state index in [9.17, 15) is 14.4 Å². The molecule has 0 aromatic carbocycles. The summed E-state index contributed by atoms with van der Waals surface area (Å²) in [5.41, 5.74) is -0.613. The van der Waals surface area contributed by atoms with Gasteiger partial charge in [0.15, 0.2) is 5.78 Å². The highest BCUT2D eigenvalue weighted by atomic mass is 16.6. The van der Waals surface area contributed by atoms with Gasteiger partial charge in [0.2, 0.25) is 5.91 Å². The lowest BCUT2D eigenvalue weighted by atomic mass is 9.97. The van der Waals surface area contributed by atoms with Crippen molar-refractivity contribution in [1.29, 1.82) is 0 Å². The van der Waals surface area contributed by atoms with Gasteiger partial charge in [0, 0.05) is 6.42 Å². The first-order chi connectivity index (χ1) is 9.56. The van der Waals surface area contributed by atoms with E-state index in [0.717, 1.165) is 6.42 Å².